The Morgan fingerprint density at radius 2 is 1.67 bits per heavy atom. The molecule has 1 aromatic carbocycles. The number of rotatable bonds is 5. The van der Waals surface area contributed by atoms with Crippen molar-refractivity contribution in [3.63, 3.8) is 0 Å². The summed E-state index contributed by atoms with van der Waals surface area (Å²) >= 11 is 1.93. The lowest BCUT2D eigenvalue weighted by Gasteiger charge is -2.22. The van der Waals surface area contributed by atoms with Crippen molar-refractivity contribution >= 4 is 11.3 Å². The van der Waals surface area contributed by atoms with Crippen molar-refractivity contribution in [2.75, 3.05) is 0 Å². The highest BCUT2D eigenvalue weighted by atomic mass is 32.1. The van der Waals surface area contributed by atoms with Crippen LogP contribution in [-0.2, 0) is 12.0 Å². The molecule has 0 aliphatic rings. The predicted octanol–water partition coefficient (Wildman–Crippen LogP) is 5.53. The average molecular weight is 301 g/mol. The summed E-state index contributed by atoms with van der Waals surface area (Å²) in [5, 5.41) is 3.73. The maximum atomic E-state index is 3.73. The molecule has 1 N–H and O–H groups in total. The number of hydrogen-bond donors (Lipinski definition) is 1. The van der Waals surface area contributed by atoms with Gasteiger partial charge in [-0.15, -0.1) is 11.3 Å². The Bertz CT molecular complexity index is 548. The molecule has 0 amide bonds. The van der Waals surface area contributed by atoms with Crippen molar-refractivity contribution in [1.29, 1.82) is 0 Å². The summed E-state index contributed by atoms with van der Waals surface area (Å²) in [6.07, 6.45) is 0. The molecule has 0 aliphatic carbocycles. The molecule has 0 fully saturated rings. The van der Waals surface area contributed by atoms with Crippen molar-refractivity contribution in [2.24, 2.45) is 5.92 Å². The van der Waals surface area contributed by atoms with E-state index in [4.69, 9.17) is 0 Å². The summed E-state index contributed by atoms with van der Waals surface area (Å²) in [5.41, 5.74) is 1.62. The van der Waals surface area contributed by atoms with Crippen LogP contribution in [0.25, 0.3) is 0 Å². The van der Waals surface area contributed by atoms with Crippen molar-refractivity contribution in [2.45, 2.75) is 52.6 Å². The van der Waals surface area contributed by atoms with Crippen LogP contribution in [0.1, 0.15) is 56.0 Å². The molecule has 1 aromatic heterocycles. The number of thiophene rings is 1. The Labute approximate surface area is 133 Å². The molecule has 0 spiro atoms. The first kappa shape index (κ1) is 16.3. The number of nitrogens with one attached hydrogen (secondary N) is 1. The Kier molecular flexibility index (Phi) is 5.23. The van der Waals surface area contributed by atoms with E-state index in [1.54, 1.807) is 0 Å². The van der Waals surface area contributed by atoms with E-state index in [1.165, 1.54) is 15.3 Å². The highest BCUT2D eigenvalue weighted by molar-refractivity contribution is 7.12. The molecule has 1 nitrogen and oxygen atoms in total. The van der Waals surface area contributed by atoms with E-state index < -0.39 is 0 Å². The maximum absolute atomic E-state index is 3.73. The first-order valence-corrected chi connectivity index (χ1v) is 8.57. The third-order valence-corrected chi connectivity index (χ3v) is 5.23. The van der Waals surface area contributed by atoms with E-state index in [9.17, 15) is 0 Å². The van der Waals surface area contributed by atoms with Crippen LogP contribution in [0.4, 0.5) is 0 Å². The minimum Gasteiger partial charge on any atom is -0.305 e. The largest absolute Gasteiger partial charge is 0.305 e. The normalized spacial score (nSPS) is 13.6. The first-order valence-electron chi connectivity index (χ1n) is 7.75. The van der Waals surface area contributed by atoms with Gasteiger partial charge in [-0.05, 0) is 29.0 Å². The average Bonchev–Trinajstić information content (AvgIpc) is 2.88. The minimum atomic E-state index is 0.250. The molecule has 0 saturated carbocycles. The van der Waals surface area contributed by atoms with Gasteiger partial charge in [0, 0.05) is 22.3 Å². The zero-order valence-corrected chi connectivity index (χ0v) is 14.6. The molecule has 2 rings (SSSR count). The van der Waals surface area contributed by atoms with Crippen LogP contribution in [0.3, 0.4) is 0 Å². The summed E-state index contributed by atoms with van der Waals surface area (Å²) < 4.78 is 0. The van der Waals surface area contributed by atoms with Gasteiger partial charge in [-0.25, -0.2) is 0 Å². The van der Waals surface area contributed by atoms with Crippen LogP contribution in [0, 0.1) is 5.92 Å². The fraction of sp³-hybridized carbons (Fsp3) is 0.474. The van der Waals surface area contributed by atoms with Crippen LogP contribution in [0.15, 0.2) is 42.5 Å². The van der Waals surface area contributed by atoms with Crippen molar-refractivity contribution in [3.8, 4) is 0 Å². The summed E-state index contributed by atoms with van der Waals surface area (Å²) in [4.78, 5) is 2.88. The lowest BCUT2D eigenvalue weighted by molar-refractivity contribution is 0.412. The van der Waals surface area contributed by atoms with E-state index in [1.807, 2.05) is 11.3 Å². The van der Waals surface area contributed by atoms with Crippen molar-refractivity contribution in [3.05, 3.63) is 57.8 Å². The van der Waals surface area contributed by atoms with Gasteiger partial charge in [-0.1, -0.05) is 65.0 Å². The molecular weight excluding hydrogens is 274 g/mol. The third kappa shape index (κ3) is 4.42. The standard InChI is InChI=1S/C19H27NS/c1-14(2)18(15-9-7-6-8-10-15)20-13-16-11-12-17(21-16)19(3,4)5/h6-12,14,18,20H,13H2,1-5H3. The van der Waals surface area contributed by atoms with Crippen LogP contribution < -0.4 is 5.32 Å². The summed E-state index contributed by atoms with van der Waals surface area (Å²) in [6, 6.07) is 15.7. The van der Waals surface area contributed by atoms with E-state index in [0.717, 1.165) is 6.54 Å². The number of hydrogen-bond acceptors (Lipinski definition) is 2. The molecule has 1 unspecified atom stereocenters. The lowest BCUT2D eigenvalue weighted by atomic mass is 9.95. The van der Waals surface area contributed by atoms with Gasteiger partial charge in [0.1, 0.15) is 0 Å². The topological polar surface area (TPSA) is 12.0 Å². The predicted molar refractivity (Wildman–Crippen MR) is 93.9 cm³/mol. The second-order valence-electron chi connectivity index (χ2n) is 7.03. The Balaban J connectivity index is 2.04. The zero-order valence-electron chi connectivity index (χ0n) is 13.8. The Hall–Kier alpha value is -1.12. The SMILES string of the molecule is CC(C)C(NCc1ccc(C(C)(C)C)s1)c1ccccc1. The second kappa shape index (κ2) is 6.76. The second-order valence-corrected chi connectivity index (χ2v) is 8.20. The molecule has 0 bridgehead atoms. The molecular formula is C19H27NS. The van der Waals surface area contributed by atoms with Gasteiger partial charge < -0.3 is 5.32 Å². The first-order chi connectivity index (χ1) is 9.88. The van der Waals surface area contributed by atoms with E-state index in [2.05, 4.69) is 82.4 Å². The van der Waals surface area contributed by atoms with Crippen LogP contribution in [0.2, 0.25) is 0 Å². The molecule has 114 valence electrons. The molecule has 21 heavy (non-hydrogen) atoms. The molecule has 0 saturated heterocycles. The van der Waals surface area contributed by atoms with Crippen LogP contribution in [-0.4, -0.2) is 0 Å². The van der Waals surface area contributed by atoms with Gasteiger partial charge in [0.15, 0.2) is 0 Å². The quantitative estimate of drug-likeness (QED) is 0.765. The van der Waals surface area contributed by atoms with E-state index >= 15 is 0 Å². The van der Waals surface area contributed by atoms with E-state index in [-0.39, 0.29) is 5.41 Å². The smallest absolute Gasteiger partial charge is 0.0346 e. The summed E-state index contributed by atoms with van der Waals surface area (Å²) in [7, 11) is 0. The molecule has 1 heterocycles. The van der Waals surface area contributed by atoms with Gasteiger partial charge in [-0.2, -0.15) is 0 Å². The summed E-state index contributed by atoms with van der Waals surface area (Å²) in [5.74, 6) is 0.578. The third-order valence-electron chi connectivity index (χ3n) is 3.72. The maximum Gasteiger partial charge on any atom is 0.0346 e. The molecule has 0 radical (unpaired) electrons. The zero-order chi connectivity index (χ0) is 15.5. The monoisotopic (exact) mass is 301 g/mol. The Morgan fingerprint density at radius 1 is 1.00 bits per heavy atom. The lowest BCUT2D eigenvalue weighted by Crippen LogP contribution is -2.24. The Morgan fingerprint density at radius 3 is 2.19 bits per heavy atom. The van der Waals surface area contributed by atoms with Crippen molar-refractivity contribution < 1.29 is 0 Å². The van der Waals surface area contributed by atoms with Gasteiger partial charge in [-0.3, -0.25) is 0 Å². The minimum absolute atomic E-state index is 0.250. The highest BCUT2D eigenvalue weighted by Crippen LogP contribution is 2.30. The summed E-state index contributed by atoms with van der Waals surface area (Å²) in [6.45, 7) is 12.3. The molecule has 0 aliphatic heterocycles. The highest BCUT2D eigenvalue weighted by Gasteiger charge is 2.18. The van der Waals surface area contributed by atoms with Gasteiger partial charge in [0.05, 0.1) is 0 Å². The van der Waals surface area contributed by atoms with Crippen LogP contribution >= 0.6 is 11.3 Å². The molecule has 2 heteroatoms. The fourth-order valence-electron chi connectivity index (χ4n) is 2.49. The van der Waals surface area contributed by atoms with Crippen LogP contribution in [0.5, 0.6) is 0 Å². The molecule has 2 aromatic rings. The van der Waals surface area contributed by atoms with Gasteiger partial charge in [0.25, 0.3) is 0 Å². The van der Waals surface area contributed by atoms with Gasteiger partial charge >= 0.3 is 0 Å². The van der Waals surface area contributed by atoms with E-state index in [0.29, 0.717) is 12.0 Å². The number of benzene rings is 1. The fourth-order valence-corrected chi connectivity index (χ4v) is 3.50. The van der Waals surface area contributed by atoms with Crippen molar-refractivity contribution in [1.82, 2.24) is 5.32 Å². The van der Waals surface area contributed by atoms with Gasteiger partial charge in [0.2, 0.25) is 0 Å². The molecule has 1 atom stereocenters.